The lowest BCUT2D eigenvalue weighted by atomic mass is 10.1. The third-order valence-electron chi connectivity index (χ3n) is 5.71. The number of nitrogens with one attached hydrogen (secondary N) is 1. The van der Waals surface area contributed by atoms with Gasteiger partial charge >= 0.3 is 0 Å². The highest BCUT2D eigenvalue weighted by Crippen LogP contribution is 2.23. The van der Waals surface area contributed by atoms with Crippen molar-refractivity contribution >= 4 is 11.6 Å². The van der Waals surface area contributed by atoms with E-state index in [9.17, 15) is 4.79 Å². The van der Waals surface area contributed by atoms with Crippen LogP contribution in [-0.2, 0) is 6.42 Å². The Morgan fingerprint density at radius 3 is 2.62 bits per heavy atom. The number of nitrogens with zero attached hydrogens (tertiary/aromatic N) is 3. The van der Waals surface area contributed by atoms with Gasteiger partial charge in [-0.2, -0.15) is 5.10 Å². The molecule has 150 valence electrons. The molecule has 1 amide bonds. The first-order valence-corrected chi connectivity index (χ1v) is 10.3. The summed E-state index contributed by atoms with van der Waals surface area (Å²) in [6.45, 7) is 8.66. The fourth-order valence-corrected chi connectivity index (χ4v) is 3.99. The average molecular weight is 389 g/mol. The van der Waals surface area contributed by atoms with Gasteiger partial charge in [0, 0.05) is 36.9 Å². The van der Waals surface area contributed by atoms with Crippen LogP contribution in [0.4, 0.5) is 5.69 Å². The van der Waals surface area contributed by atoms with E-state index in [4.69, 9.17) is 0 Å². The predicted molar refractivity (Wildman–Crippen MR) is 117 cm³/mol. The van der Waals surface area contributed by atoms with Gasteiger partial charge in [-0.3, -0.25) is 9.89 Å². The minimum absolute atomic E-state index is 0.0182. The summed E-state index contributed by atoms with van der Waals surface area (Å²) in [5.74, 6) is 0.0182. The van der Waals surface area contributed by atoms with Crippen molar-refractivity contribution in [3.05, 3.63) is 71.4 Å². The third kappa shape index (κ3) is 4.04. The number of rotatable bonds is 4. The number of hydrogen-bond acceptors (Lipinski definition) is 3. The van der Waals surface area contributed by atoms with Crippen molar-refractivity contribution < 1.29 is 4.79 Å². The van der Waals surface area contributed by atoms with Crippen molar-refractivity contribution in [2.75, 3.05) is 24.5 Å². The van der Waals surface area contributed by atoms with Gasteiger partial charge in [-0.15, -0.1) is 0 Å². The molecule has 0 unspecified atom stereocenters. The molecule has 3 aromatic rings. The van der Waals surface area contributed by atoms with E-state index in [2.05, 4.69) is 84.4 Å². The lowest BCUT2D eigenvalue weighted by Crippen LogP contribution is -2.53. The first-order valence-electron chi connectivity index (χ1n) is 10.3. The number of carbonyl (C=O) groups is 1. The summed E-state index contributed by atoms with van der Waals surface area (Å²) in [5, 5.41) is 7.31. The number of hydrogen-bond donors (Lipinski definition) is 1. The van der Waals surface area contributed by atoms with Crippen molar-refractivity contribution in [2.24, 2.45) is 0 Å². The van der Waals surface area contributed by atoms with E-state index >= 15 is 0 Å². The fourth-order valence-electron chi connectivity index (χ4n) is 3.99. The summed E-state index contributed by atoms with van der Waals surface area (Å²) in [6, 6.07) is 19.0. The lowest BCUT2D eigenvalue weighted by molar-refractivity contribution is 0.0720. The Labute approximate surface area is 172 Å². The molecule has 1 N–H and O–H groups in total. The van der Waals surface area contributed by atoms with Crippen molar-refractivity contribution in [1.29, 1.82) is 0 Å². The van der Waals surface area contributed by atoms with Gasteiger partial charge in [0.15, 0.2) is 0 Å². The molecule has 29 heavy (non-hydrogen) atoms. The third-order valence-corrected chi connectivity index (χ3v) is 5.71. The molecular formula is C24H28N4O. The molecule has 0 saturated carbocycles. The topological polar surface area (TPSA) is 52.2 Å². The summed E-state index contributed by atoms with van der Waals surface area (Å²) in [7, 11) is 0. The molecule has 5 heteroatoms. The maximum atomic E-state index is 13.0. The second-order valence-electron chi connectivity index (χ2n) is 7.85. The van der Waals surface area contributed by atoms with Crippen LogP contribution < -0.4 is 4.90 Å². The maximum Gasteiger partial charge on any atom is 0.272 e. The number of amides is 1. The van der Waals surface area contributed by atoms with E-state index in [1.165, 1.54) is 16.8 Å². The number of aromatic nitrogens is 2. The van der Waals surface area contributed by atoms with Gasteiger partial charge < -0.3 is 9.80 Å². The average Bonchev–Trinajstić information content (AvgIpc) is 3.23. The molecule has 0 aliphatic carbocycles. The highest BCUT2D eigenvalue weighted by molar-refractivity contribution is 5.93. The highest BCUT2D eigenvalue weighted by atomic mass is 16.2. The number of benzene rings is 2. The van der Waals surface area contributed by atoms with Crippen LogP contribution in [0.2, 0.25) is 0 Å². The molecular weight excluding hydrogens is 360 g/mol. The van der Waals surface area contributed by atoms with Crippen molar-refractivity contribution in [3.63, 3.8) is 0 Å². The lowest BCUT2D eigenvalue weighted by Gasteiger charge is -2.41. The van der Waals surface area contributed by atoms with Gasteiger partial charge in [0.2, 0.25) is 0 Å². The molecule has 1 saturated heterocycles. The normalized spacial score (nSPS) is 16.9. The Kier molecular flexibility index (Phi) is 5.38. The molecule has 2 heterocycles. The zero-order chi connectivity index (χ0) is 20.4. The van der Waals surface area contributed by atoms with Crippen LogP contribution in [0.1, 0.15) is 35.5 Å². The zero-order valence-electron chi connectivity index (χ0n) is 17.4. The molecule has 2 aromatic carbocycles. The van der Waals surface area contributed by atoms with Crippen molar-refractivity contribution in [3.8, 4) is 11.3 Å². The van der Waals surface area contributed by atoms with Crippen LogP contribution in [0.15, 0.2) is 54.6 Å². The van der Waals surface area contributed by atoms with Crippen LogP contribution in [-0.4, -0.2) is 46.7 Å². The maximum absolute atomic E-state index is 13.0. The number of anilines is 1. The summed E-state index contributed by atoms with van der Waals surface area (Å²) in [5.41, 5.74) is 6.16. The van der Waals surface area contributed by atoms with Gasteiger partial charge in [-0.1, -0.05) is 43.3 Å². The van der Waals surface area contributed by atoms with Crippen LogP contribution >= 0.6 is 0 Å². The molecule has 0 radical (unpaired) electrons. The summed E-state index contributed by atoms with van der Waals surface area (Å²) < 4.78 is 0. The molecule has 0 spiro atoms. The Balaban J connectivity index is 1.45. The quantitative estimate of drug-likeness (QED) is 0.725. The second kappa shape index (κ2) is 8.11. The minimum atomic E-state index is 0.0182. The van der Waals surface area contributed by atoms with Gasteiger partial charge in [0.05, 0.1) is 5.69 Å². The summed E-state index contributed by atoms with van der Waals surface area (Å²) in [6.07, 6.45) is 1.01. The Hall–Kier alpha value is -3.08. The molecule has 1 atom stereocenters. The Morgan fingerprint density at radius 2 is 1.93 bits per heavy atom. The van der Waals surface area contributed by atoms with Crippen molar-refractivity contribution in [1.82, 2.24) is 15.1 Å². The van der Waals surface area contributed by atoms with E-state index in [0.717, 1.165) is 24.2 Å². The zero-order valence-corrected chi connectivity index (χ0v) is 17.4. The van der Waals surface area contributed by atoms with E-state index in [-0.39, 0.29) is 11.9 Å². The van der Waals surface area contributed by atoms with Crippen LogP contribution in [0.3, 0.4) is 0 Å². The van der Waals surface area contributed by atoms with Crippen LogP contribution in [0.25, 0.3) is 11.3 Å². The standard InChI is InChI=1S/C24H28N4O/c1-4-19-8-10-20(11-9-19)22-15-23(26-25-22)24(29)27-12-13-28(18(3)16-27)21-7-5-6-17(2)14-21/h5-11,14-15,18H,4,12-13,16H2,1-3H3,(H,25,26)/t18-/m0/s1. The van der Waals surface area contributed by atoms with Crippen LogP contribution in [0, 0.1) is 6.92 Å². The monoisotopic (exact) mass is 388 g/mol. The second-order valence-corrected chi connectivity index (χ2v) is 7.85. The molecule has 1 aliphatic rings. The fraction of sp³-hybridized carbons (Fsp3) is 0.333. The van der Waals surface area contributed by atoms with Gasteiger partial charge in [-0.25, -0.2) is 0 Å². The number of piperazine rings is 1. The molecule has 4 rings (SSSR count). The number of carbonyl (C=O) groups excluding carboxylic acids is 1. The summed E-state index contributed by atoms with van der Waals surface area (Å²) in [4.78, 5) is 17.3. The Bertz CT molecular complexity index is 992. The van der Waals surface area contributed by atoms with E-state index in [0.29, 0.717) is 18.8 Å². The first kappa shape index (κ1) is 19.2. The molecule has 5 nitrogen and oxygen atoms in total. The van der Waals surface area contributed by atoms with E-state index in [1.54, 1.807) is 0 Å². The van der Waals surface area contributed by atoms with E-state index < -0.39 is 0 Å². The van der Waals surface area contributed by atoms with Crippen molar-refractivity contribution in [2.45, 2.75) is 33.2 Å². The van der Waals surface area contributed by atoms with E-state index in [1.807, 2.05) is 11.0 Å². The Morgan fingerprint density at radius 1 is 1.14 bits per heavy atom. The molecule has 0 bridgehead atoms. The smallest absolute Gasteiger partial charge is 0.272 e. The summed E-state index contributed by atoms with van der Waals surface area (Å²) >= 11 is 0. The highest BCUT2D eigenvalue weighted by Gasteiger charge is 2.28. The van der Waals surface area contributed by atoms with Crippen LogP contribution in [0.5, 0.6) is 0 Å². The molecule has 1 fully saturated rings. The number of aryl methyl sites for hydroxylation is 2. The molecule has 1 aliphatic heterocycles. The first-order chi connectivity index (χ1) is 14.0. The largest absolute Gasteiger partial charge is 0.365 e. The number of aromatic amines is 1. The van der Waals surface area contributed by atoms with Gasteiger partial charge in [0.1, 0.15) is 5.69 Å². The van der Waals surface area contributed by atoms with Gasteiger partial charge in [-0.05, 0) is 49.6 Å². The van der Waals surface area contributed by atoms with Gasteiger partial charge in [0.25, 0.3) is 5.91 Å². The minimum Gasteiger partial charge on any atom is -0.365 e. The SMILES string of the molecule is CCc1ccc(-c2cc(C(=O)N3CCN(c4cccc(C)c4)[C@@H](C)C3)[nH]n2)cc1. The molecule has 1 aromatic heterocycles. The predicted octanol–water partition coefficient (Wildman–Crippen LogP) is 4.30. The number of H-pyrrole nitrogens is 1.